The Hall–Kier alpha value is -1.63. The molecule has 2 aromatic carbocycles. The lowest BCUT2D eigenvalue weighted by atomic mass is 10.1. The van der Waals surface area contributed by atoms with Crippen molar-refractivity contribution in [3.8, 4) is 0 Å². The summed E-state index contributed by atoms with van der Waals surface area (Å²) >= 11 is 2.11. The second kappa shape index (κ2) is 3.19. The normalized spacial score (nSPS) is 11.8. The smallest absolute Gasteiger partial charge is 0.165 e. The maximum absolute atomic E-state index is 5.86. The molecule has 0 saturated heterocycles. The topological polar surface area (TPSA) is 43.9 Å². The maximum atomic E-state index is 5.86. The van der Waals surface area contributed by atoms with E-state index in [9.17, 15) is 0 Å². The molecule has 4 aromatic rings. The summed E-state index contributed by atoms with van der Waals surface area (Å²) in [6.45, 7) is 0. The number of nitrogens with zero attached hydrogens (tertiary/aromatic N) is 3. The van der Waals surface area contributed by atoms with E-state index in [1.807, 2.05) is 24.3 Å². The summed E-state index contributed by atoms with van der Waals surface area (Å²) in [4.78, 5) is 0. The van der Waals surface area contributed by atoms with Crippen LogP contribution in [0.5, 0.6) is 0 Å². The molecule has 0 aliphatic rings. The van der Waals surface area contributed by atoms with Gasteiger partial charge < -0.3 is 4.42 Å². The van der Waals surface area contributed by atoms with Crippen molar-refractivity contribution in [3.05, 3.63) is 36.4 Å². The predicted octanol–water partition coefficient (Wildman–Crippen LogP) is 3.53. The van der Waals surface area contributed by atoms with Crippen molar-refractivity contribution in [3.63, 3.8) is 0 Å². The van der Waals surface area contributed by atoms with Gasteiger partial charge in [-0.05, 0) is 18.2 Å². The number of hydrogen-bond acceptors (Lipinski definition) is 3. The van der Waals surface area contributed by atoms with E-state index in [4.69, 9.17) is 4.42 Å². The molecule has 0 saturated carbocycles. The number of para-hydroxylation sites is 1. The van der Waals surface area contributed by atoms with Crippen molar-refractivity contribution in [2.45, 2.75) is 0 Å². The number of aromatic nitrogens is 3. The molecule has 17 heavy (non-hydrogen) atoms. The van der Waals surface area contributed by atoms with Gasteiger partial charge in [0, 0.05) is 10.8 Å². The number of benzene rings is 2. The lowest BCUT2D eigenvalue weighted by Crippen LogP contribution is -1.79. The van der Waals surface area contributed by atoms with Gasteiger partial charge in [-0.25, -0.2) is 0 Å². The van der Waals surface area contributed by atoms with Crippen LogP contribution in [0.1, 0.15) is 0 Å². The van der Waals surface area contributed by atoms with Crippen LogP contribution >= 0.6 is 22.9 Å². The van der Waals surface area contributed by atoms with Crippen LogP contribution in [0.2, 0.25) is 0 Å². The molecule has 0 spiro atoms. The third kappa shape index (κ3) is 1.17. The van der Waals surface area contributed by atoms with E-state index >= 15 is 0 Å². The minimum absolute atomic E-state index is 0.812. The van der Waals surface area contributed by atoms with Crippen LogP contribution in [0.15, 0.2) is 40.8 Å². The van der Waals surface area contributed by atoms with E-state index in [2.05, 4.69) is 45.3 Å². The number of rotatable bonds is 0. The Morgan fingerprint density at radius 3 is 2.88 bits per heavy atom. The second-order valence-corrected chi connectivity index (χ2v) is 4.77. The second-order valence-electron chi connectivity index (χ2n) is 3.86. The predicted molar refractivity (Wildman–Crippen MR) is 74.2 cm³/mol. The highest BCUT2D eigenvalue weighted by Crippen LogP contribution is 2.32. The molecule has 0 unspecified atom stereocenters. The van der Waals surface area contributed by atoms with Gasteiger partial charge in [0.05, 0.1) is 22.9 Å². The first kappa shape index (κ1) is 9.41. The van der Waals surface area contributed by atoms with Gasteiger partial charge in [0.15, 0.2) is 11.1 Å². The Morgan fingerprint density at radius 2 is 1.94 bits per heavy atom. The lowest BCUT2D eigenvalue weighted by molar-refractivity contribution is 0.671. The minimum atomic E-state index is 0.812. The summed E-state index contributed by atoms with van der Waals surface area (Å²) in [6.07, 6.45) is 0. The Balaban J connectivity index is 2.34. The van der Waals surface area contributed by atoms with Gasteiger partial charge in [0.2, 0.25) is 0 Å². The monoisotopic (exact) mass is 335 g/mol. The summed E-state index contributed by atoms with van der Waals surface area (Å²) in [5, 5.41) is 10.4. The highest BCUT2D eigenvalue weighted by molar-refractivity contribution is 14.1. The van der Waals surface area contributed by atoms with Crippen LogP contribution in [0.3, 0.4) is 0 Å². The van der Waals surface area contributed by atoms with Crippen LogP contribution in [0.4, 0.5) is 0 Å². The average molecular weight is 335 g/mol. The molecule has 2 heterocycles. The SMILES string of the molecule is In1nnc2c3oc4ccccc4c3ccc21. The van der Waals surface area contributed by atoms with Gasteiger partial charge in [-0.3, -0.25) is 0 Å². The van der Waals surface area contributed by atoms with Crippen LogP contribution in [0.25, 0.3) is 33.0 Å². The zero-order chi connectivity index (χ0) is 11.4. The first-order valence-electron chi connectivity index (χ1n) is 5.16. The number of fused-ring (bicyclic) bond motifs is 5. The zero-order valence-corrected chi connectivity index (χ0v) is 10.7. The van der Waals surface area contributed by atoms with E-state index in [1.54, 1.807) is 2.90 Å². The molecule has 0 fully saturated rings. The molecule has 4 nitrogen and oxygen atoms in total. The van der Waals surface area contributed by atoms with Gasteiger partial charge in [-0.2, -0.15) is 2.90 Å². The highest BCUT2D eigenvalue weighted by atomic mass is 127. The molecule has 0 N–H and O–H groups in total. The lowest BCUT2D eigenvalue weighted by Gasteiger charge is -1.90. The van der Waals surface area contributed by atoms with Crippen molar-refractivity contribution in [2.24, 2.45) is 0 Å². The Bertz CT molecular complexity index is 862. The molecule has 2 aromatic heterocycles. The van der Waals surface area contributed by atoms with Crippen molar-refractivity contribution in [2.75, 3.05) is 0 Å². The molecular weight excluding hydrogens is 329 g/mol. The number of furan rings is 1. The standard InChI is InChI=1S/C12H6IN3O/c13-16-9-6-5-8-7-3-1-2-4-10(7)17-12(8)11(9)14-15-16/h1-6H. The fourth-order valence-electron chi connectivity index (χ4n) is 2.14. The third-order valence-corrected chi connectivity index (χ3v) is 3.63. The van der Waals surface area contributed by atoms with Gasteiger partial charge in [-0.1, -0.05) is 23.4 Å². The van der Waals surface area contributed by atoms with Crippen molar-refractivity contribution >= 4 is 55.8 Å². The van der Waals surface area contributed by atoms with Crippen molar-refractivity contribution in [1.29, 1.82) is 0 Å². The van der Waals surface area contributed by atoms with Gasteiger partial charge >= 0.3 is 0 Å². The molecule has 0 atom stereocenters. The van der Waals surface area contributed by atoms with E-state index in [0.29, 0.717) is 0 Å². The fourth-order valence-corrected chi connectivity index (χ4v) is 2.63. The zero-order valence-electron chi connectivity index (χ0n) is 8.59. The molecule has 82 valence electrons. The fraction of sp³-hybridized carbons (Fsp3) is 0. The summed E-state index contributed by atoms with van der Waals surface area (Å²) in [6, 6.07) is 12.1. The Morgan fingerprint density at radius 1 is 1.06 bits per heavy atom. The van der Waals surface area contributed by atoms with Crippen LogP contribution in [-0.4, -0.2) is 13.2 Å². The van der Waals surface area contributed by atoms with Gasteiger partial charge in [0.25, 0.3) is 0 Å². The van der Waals surface area contributed by atoms with Gasteiger partial charge in [-0.15, -0.1) is 5.10 Å². The molecule has 4 rings (SSSR count). The summed E-state index contributed by atoms with van der Waals surface area (Å²) in [5.41, 5.74) is 3.48. The molecule has 0 aliphatic heterocycles. The maximum Gasteiger partial charge on any atom is 0.165 e. The Kier molecular flexibility index (Phi) is 1.77. The van der Waals surface area contributed by atoms with E-state index in [-0.39, 0.29) is 0 Å². The van der Waals surface area contributed by atoms with Gasteiger partial charge in [0.1, 0.15) is 11.1 Å². The van der Waals surface area contributed by atoms with E-state index in [1.165, 1.54) is 0 Å². The van der Waals surface area contributed by atoms with Crippen molar-refractivity contribution in [1.82, 2.24) is 13.2 Å². The largest absolute Gasteiger partial charge is 0.454 e. The molecular formula is C12H6IN3O. The Labute approximate surface area is 110 Å². The highest BCUT2D eigenvalue weighted by Gasteiger charge is 2.13. The summed E-state index contributed by atoms with van der Waals surface area (Å²) in [5.74, 6) is 0. The number of hydrogen-bond donors (Lipinski definition) is 0. The third-order valence-electron chi connectivity index (χ3n) is 2.92. The summed E-state index contributed by atoms with van der Waals surface area (Å²) < 4.78 is 7.58. The quantitative estimate of drug-likeness (QED) is 0.462. The first-order chi connectivity index (χ1) is 8.34. The average Bonchev–Trinajstić information content (AvgIpc) is 2.90. The van der Waals surface area contributed by atoms with Crippen molar-refractivity contribution < 1.29 is 4.42 Å². The van der Waals surface area contributed by atoms with Crippen LogP contribution in [-0.2, 0) is 0 Å². The van der Waals surface area contributed by atoms with Crippen LogP contribution in [0, 0.1) is 0 Å². The summed E-state index contributed by atoms with van der Waals surface area (Å²) in [7, 11) is 0. The minimum Gasteiger partial charge on any atom is -0.454 e. The molecule has 0 radical (unpaired) electrons. The van der Waals surface area contributed by atoms with E-state index < -0.39 is 0 Å². The van der Waals surface area contributed by atoms with E-state index in [0.717, 1.165) is 33.0 Å². The molecule has 0 amide bonds. The number of halogens is 1. The first-order valence-corrected chi connectivity index (χ1v) is 6.13. The van der Waals surface area contributed by atoms with Crippen LogP contribution < -0.4 is 0 Å². The molecule has 0 aliphatic carbocycles. The molecule has 0 bridgehead atoms. The molecule has 5 heteroatoms.